The van der Waals surface area contributed by atoms with Gasteiger partial charge in [-0.15, -0.1) is 11.8 Å². The third-order valence-corrected chi connectivity index (χ3v) is 5.52. The Balaban J connectivity index is 1.77. The maximum atomic E-state index is 12.2. The fourth-order valence-corrected chi connectivity index (χ4v) is 3.94. The van der Waals surface area contributed by atoms with Crippen molar-refractivity contribution in [3.05, 3.63) is 18.0 Å². The van der Waals surface area contributed by atoms with Gasteiger partial charge in [0.1, 0.15) is 16.5 Å². The van der Waals surface area contributed by atoms with Crippen molar-refractivity contribution in [3.63, 3.8) is 0 Å². The molecule has 7 nitrogen and oxygen atoms in total. The highest BCUT2D eigenvalue weighted by Crippen LogP contribution is 2.35. The van der Waals surface area contributed by atoms with Gasteiger partial charge in [-0.05, 0) is 13.3 Å². The Kier molecular flexibility index (Phi) is 5.48. The van der Waals surface area contributed by atoms with Crippen molar-refractivity contribution in [2.24, 2.45) is 4.99 Å². The SMILES string of the molecule is CCCOC(=O)[C@@]1(C)CSC(c2ncc(N3CCNCC3)cc2O)=N1. The van der Waals surface area contributed by atoms with Gasteiger partial charge >= 0.3 is 5.97 Å². The number of nitrogens with zero attached hydrogens (tertiary/aromatic N) is 3. The number of esters is 1. The van der Waals surface area contributed by atoms with Gasteiger partial charge in [0.25, 0.3) is 0 Å². The molecule has 0 radical (unpaired) electrons. The summed E-state index contributed by atoms with van der Waals surface area (Å²) in [6, 6.07) is 1.72. The zero-order valence-corrected chi connectivity index (χ0v) is 15.4. The van der Waals surface area contributed by atoms with Gasteiger partial charge in [-0.1, -0.05) is 6.92 Å². The van der Waals surface area contributed by atoms with Crippen LogP contribution in [0.3, 0.4) is 0 Å². The second-order valence-electron chi connectivity index (χ2n) is 6.41. The first-order valence-electron chi connectivity index (χ1n) is 8.58. The molecule has 136 valence electrons. The molecule has 2 N–H and O–H groups in total. The van der Waals surface area contributed by atoms with E-state index in [1.807, 2.05) is 6.92 Å². The Hall–Kier alpha value is -1.80. The molecule has 1 fully saturated rings. The van der Waals surface area contributed by atoms with E-state index in [1.54, 1.807) is 19.2 Å². The molecule has 2 aliphatic rings. The predicted octanol–water partition coefficient (Wildman–Crippen LogP) is 1.40. The normalized spacial score (nSPS) is 23.4. The third kappa shape index (κ3) is 3.90. The van der Waals surface area contributed by atoms with Gasteiger partial charge in [-0.25, -0.2) is 9.78 Å². The molecule has 1 aromatic heterocycles. The van der Waals surface area contributed by atoms with Crippen LogP contribution in [0, 0.1) is 0 Å². The molecule has 0 amide bonds. The van der Waals surface area contributed by atoms with Gasteiger partial charge in [0.2, 0.25) is 0 Å². The Morgan fingerprint density at radius 2 is 2.24 bits per heavy atom. The van der Waals surface area contributed by atoms with Gasteiger partial charge in [-0.2, -0.15) is 0 Å². The van der Waals surface area contributed by atoms with Crippen LogP contribution in [0.25, 0.3) is 0 Å². The quantitative estimate of drug-likeness (QED) is 0.764. The minimum Gasteiger partial charge on any atom is -0.506 e. The average Bonchev–Trinajstić information content (AvgIpc) is 3.03. The molecule has 0 saturated carbocycles. The first-order valence-corrected chi connectivity index (χ1v) is 9.57. The Morgan fingerprint density at radius 3 is 2.92 bits per heavy atom. The Bertz CT molecular complexity index is 676. The number of ether oxygens (including phenoxy) is 1. The summed E-state index contributed by atoms with van der Waals surface area (Å²) in [6.45, 7) is 7.72. The van der Waals surface area contributed by atoms with E-state index in [4.69, 9.17) is 4.74 Å². The number of nitrogens with one attached hydrogen (secondary N) is 1. The first-order chi connectivity index (χ1) is 12.0. The lowest BCUT2D eigenvalue weighted by atomic mass is 10.1. The summed E-state index contributed by atoms with van der Waals surface area (Å²) in [7, 11) is 0. The molecule has 1 aromatic rings. The number of hydrogen-bond donors (Lipinski definition) is 2. The molecule has 1 saturated heterocycles. The summed E-state index contributed by atoms with van der Waals surface area (Å²) in [5, 5.41) is 14.3. The van der Waals surface area contributed by atoms with E-state index in [1.165, 1.54) is 11.8 Å². The lowest BCUT2D eigenvalue weighted by Crippen LogP contribution is -2.43. The topological polar surface area (TPSA) is 87.0 Å². The van der Waals surface area contributed by atoms with E-state index in [9.17, 15) is 9.90 Å². The number of aliphatic imine (C=N–C) groups is 1. The Morgan fingerprint density at radius 1 is 1.48 bits per heavy atom. The number of thioether (sulfide) groups is 1. The van der Waals surface area contributed by atoms with E-state index >= 15 is 0 Å². The number of aromatic nitrogens is 1. The second kappa shape index (κ2) is 7.61. The Labute approximate surface area is 151 Å². The fourth-order valence-electron chi connectivity index (χ4n) is 2.78. The third-order valence-electron chi connectivity index (χ3n) is 4.25. The van der Waals surface area contributed by atoms with Crippen molar-refractivity contribution in [2.75, 3.05) is 43.4 Å². The van der Waals surface area contributed by atoms with Crippen molar-refractivity contribution in [3.8, 4) is 5.75 Å². The maximum absolute atomic E-state index is 12.2. The molecular formula is C17H24N4O3S. The number of carbonyl (C=O) groups excluding carboxylic acids is 1. The van der Waals surface area contributed by atoms with Gasteiger partial charge in [0.05, 0.1) is 18.5 Å². The smallest absolute Gasteiger partial charge is 0.334 e. The summed E-state index contributed by atoms with van der Waals surface area (Å²) in [5.41, 5.74) is 0.410. The highest BCUT2D eigenvalue weighted by Gasteiger charge is 2.40. The average molecular weight is 364 g/mol. The number of pyridine rings is 1. The molecule has 3 heterocycles. The zero-order valence-electron chi connectivity index (χ0n) is 14.6. The van der Waals surface area contributed by atoms with E-state index in [0.717, 1.165) is 38.3 Å². The maximum Gasteiger partial charge on any atom is 0.334 e. The number of hydrogen-bond acceptors (Lipinski definition) is 8. The number of rotatable bonds is 5. The monoisotopic (exact) mass is 364 g/mol. The molecule has 0 aromatic carbocycles. The fraction of sp³-hybridized carbons (Fsp3) is 0.588. The van der Waals surface area contributed by atoms with Gasteiger partial charge < -0.3 is 20.1 Å². The van der Waals surface area contributed by atoms with Crippen molar-refractivity contribution in [1.82, 2.24) is 10.3 Å². The summed E-state index contributed by atoms with van der Waals surface area (Å²) in [6.07, 6.45) is 2.54. The highest BCUT2D eigenvalue weighted by atomic mass is 32.2. The highest BCUT2D eigenvalue weighted by molar-refractivity contribution is 8.14. The summed E-state index contributed by atoms with van der Waals surface area (Å²) in [4.78, 5) is 23.3. The molecule has 1 atom stereocenters. The molecule has 0 unspecified atom stereocenters. The molecule has 0 spiro atoms. The van der Waals surface area contributed by atoms with Crippen LogP contribution in [0.1, 0.15) is 26.0 Å². The summed E-state index contributed by atoms with van der Waals surface area (Å²) >= 11 is 1.42. The molecule has 3 rings (SSSR count). The van der Waals surface area contributed by atoms with Crippen molar-refractivity contribution in [2.45, 2.75) is 25.8 Å². The minimum atomic E-state index is -0.916. The first kappa shape index (κ1) is 18.0. The zero-order chi connectivity index (χ0) is 17.9. The number of aromatic hydroxyl groups is 1. The van der Waals surface area contributed by atoms with Crippen molar-refractivity contribution in [1.29, 1.82) is 0 Å². The predicted molar refractivity (Wildman–Crippen MR) is 99.6 cm³/mol. The molecule has 8 heteroatoms. The minimum absolute atomic E-state index is 0.0912. The lowest BCUT2D eigenvalue weighted by molar-refractivity contribution is -0.148. The van der Waals surface area contributed by atoms with Gasteiger partial charge in [0.15, 0.2) is 5.54 Å². The van der Waals surface area contributed by atoms with E-state index in [0.29, 0.717) is 23.1 Å². The van der Waals surface area contributed by atoms with Crippen LogP contribution in [0.2, 0.25) is 0 Å². The van der Waals surface area contributed by atoms with E-state index in [2.05, 4.69) is 20.2 Å². The van der Waals surface area contributed by atoms with Crippen LogP contribution >= 0.6 is 11.8 Å². The summed E-state index contributed by atoms with van der Waals surface area (Å²) < 4.78 is 5.24. The van der Waals surface area contributed by atoms with E-state index in [-0.39, 0.29) is 11.7 Å². The van der Waals surface area contributed by atoms with Crippen LogP contribution in [0.15, 0.2) is 17.3 Å². The number of piperazine rings is 1. The largest absolute Gasteiger partial charge is 0.506 e. The van der Waals surface area contributed by atoms with Crippen LogP contribution in [0.4, 0.5) is 5.69 Å². The van der Waals surface area contributed by atoms with Crippen LogP contribution < -0.4 is 10.2 Å². The lowest BCUT2D eigenvalue weighted by Gasteiger charge is -2.29. The van der Waals surface area contributed by atoms with Gasteiger partial charge in [-0.3, -0.25) is 4.99 Å². The van der Waals surface area contributed by atoms with Crippen molar-refractivity contribution >= 4 is 28.5 Å². The summed E-state index contributed by atoms with van der Waals surface area (Å²) in [5.74, 6) is 0.258. The molecule has 0 aliphatic carbocycles. The molecule has 25 heavy (non-hydrogen) atoms. The second-order valence-corrected chi connectivity index (χ2v) is 7.38. The number of anilines is 1. The molecular weight excluding hydrogens is 340 g/mol. The van der Waals surface area contributed by atoms with Crippen LogP contribution in [0.5, 0.6) is 5.75 Å². The standard InChI is InChI=1S/C17H24N4O3S/c1-3-8-24-16(23)17(2)11-25-15(20-17)14-13(22)9-12(10-19-14)21-6-4-18-5-7-21/h9-10,18,22H,3-8,11H2,1-2H3/t17-/m1/s1. The van der Waals surface area contributed by atoms with Crippen LogP contribution in [-0.4, -0.2) is 65.2 Å². The van der Waals surface area contributed by atoms with Gasteiger partial charge in [0, 0.05) is 38.0 Å². The van der Waals surface area contributed by atoms with Crippen LogP contribution in [-0.2, 0) is 9.53 Å². The molecule has 2 aliphatic heterocycles. The number of carbonyl (C=O) groups is 1. The molecule has 0 bridgehead atoms. The van der Waals surface area contributed by atoms with E-state index < -0.39 is 5.54 Å². The van der Waals surface area contributed by atoms with Crippen molar-refractivity contribution < 1.29 is 14.6 Å².